The monoisotopic (exact) mass is 481 g/mol. The molecule has 9 heteroatoms. The van der Waals surface area contributed by atoms with Crippen molar-refractivity contribution >= 4 is 43.5 Å². The van der Waals surface area contributed by atoms with E-state index >= 15 is 0 Å². The Bertz CT molecular complexity index is 1020. The Morgan fingerprint density at radius 2 is 1.79 bits per heavy atom. The van der Waals surface area contributed by atoms with Crippen LogP contribution in [0.25, 0.3) is 0 Å². The summed E-state index contributed by atoms with van der Waals surface area (Å²) in [6, 6.07) is 11.6. The van der Waals surface area contributed by atoms with Crippen LogP contribution in [0.5, 0.6) is 0 Å². The molecule has 0 aromatic heterocycles. The van der Waals surface area contributed by atoms with Gasteiger partial charge < -0.3 is 10.6 Å². The number of amides is 2. The zero-order chi connectivity index (χ0) is 21.8. The summed E-state index contributed by atoms with van der Waals surface area (Å²) in [5.41, 5.74) is 1.69. The summed E-state index contributed by atoms with van der Waals surface area (Å²) in [6.45, 7) is 3.85. The van der Waals surface area contributed by atoms with Gasteiger partial charge in [0.2, 0.25) is 15.9 Å². The van der Waals surface area contributed by atoms with E-state index in [1.165, 1.54) is 26.2 Å². The van der Waals surface area contributed by atoms with Gasteiger partial charge in [0.15, 0.2) is 0 Å². The molecule has 0 aliphatic heterocycles. The number of nitrogens with one attached hydrogen (secondary N) is 2. The standard InChI is InChI=1S/C20H24BrN3O4S/c1-13(2)19(25)23-16-7-5-6-14(10-16)12-22-20(26)15-8-9-17(21)18(11-15)29(27,28)24(3)4/h5-11,13H,12H2,1-4H3,(H,22,26)(H,23,25). The molecule has 0 saturated carbocycles. The number of nitrogens with zero attached hydrogens (tertiary/aromatic N) is 1. The predicted molar refractivity (Wildman–Crippen MR) is 116 cm³/mol. The highest BCUT2D eigenvalue weighted by Crippen LogP contribution is 2.25. The van der Waals surface area contributed by atoms with E-state index < -0.39 is 15.9 Å². The number of anilines is 1. The van der Waals surface area contributed by atoms with Gasteiger partial charge in [0, 0.05) is 42.3 Å². The molecule has 0 aliphatic rings. The van der Waals surface area contributed by atoms with Gasteiger partial charge in [-0.05, 0) is 51.8 Å². The molecule has 0 fully saturated rings. The van der Waals surface area contributed by atoms with Crippen LogP contribution < -0.4 is 10.6 Å². The molecule has 0 saturated heterocycles. The van der Waals surface area contributed by atoms with Crippen LogP contribution >= 0.6 is 15.9 Å². The normalized spacial score (nSPS) is 11.6. The molecule has 2 N–H and O–H groups in total. The third-order valence-electron chi connectivity index (χ3n) is 4.12. The summed E-state index contributed by atoms with van der Waals surface area (Å²) in [4.78, 5) is 24.4. The fourth-order valence-corrected chi connectivity index (χ4v) is 4.21. The van der Waals surface area contributed by atoms with E-state index in [1.807, 2.05) is 19.9 Å². The maximum absolute atomic E-state index is 12.5. The van der Waals surface area contributed by atoms with Crippen molar-refractivity contribution < 1.29 is 18.0 Å². The fraction of sp³-hybridized carbons (Fsp3) is 0.300. The molecule has 2 amide bonds. The number of benzene rings is 2. The second kappa shape index (κ2) is 9.51. The van der Waals surface area contributed by atoms with E-state index in [4.69, 9.17) is 0 Å². The van der Waals surface area contributed by atoms with Crippen LogP contribution in [0.1, 0.15) is 29.8 Å². The molecule has 2 aromatic rings. The largest absolute Gasteiger partial charge is 0.348 e. The van der Waals surface area contributed by atoms with Crippen LogP contribution in [-0.2, 0) is 21.4 Å². The molecule has 0 radical (unpaired) electrons. The van der Waals surface area contributed by atoms with Gasteiger partial charge in [0.05, 0.1) is 4.90 Å². The molecular formula is C20H24BrN3O4S. The van der Waals surface area contributed by atoms with Crippen molar-refractivity contribution in [3.8, 4) is 0 Å². The van der Waals surface area contributed by atoms with Crippen molar-refractivity contribution in [1.82, 2.24) is 9.62 Å². The number of rotatable bonds is 7. The van der Waals surface area contributed by atoms with Gasteiger partial charge in [-0.25, -0.2) is 12.7 Å². The van der Waals surface area contributed by atoms with Gasteiger partial charge in [-0.15, -0.1) is 0 Å². The molecule has 2 aromatic carbocycles. The number of carbonyl (C=O) groups is 2. The van der Waals surface area contributed by atoms with Crippen molar-refractivity contribution in [2.24, 2.45) is 5.92 Å². The van der Waals surface area contributed by atoms with Gasteiger partial charge in [-0.3, -0.25) is 9.59 Å². The van der Waals surface area contributed by atoms with Crippen LogP contribution in [-0.4, -0.2) is 38.6 Å². The van der Waals surface area contributed by atoms with E-state index in [2.05, 4.69) is 26.6 Å². The summed E-state index contributed by atoms with van der Waals surface area (Å²) in [7, 11) is -0.828. The van der Waals surface area contributed by atoms with Gasteiger partial charge >= 0.3 is 0 Å². The Morgan fingerprint density at radius 1 is 1.10 bits per heavy atom. The number of sulfonamides is 1. The van der Waals surface area contributed by atoms with Crippen LogP contribution in [0.3, 0.4) is 0 Å². The number of carbonyl (C=O) groups excluding carboxylic acids is 2. The summed E-state index contributed by atoms with van der Waals surface area (Å²) >= 11 is 3.22. The zero-order valence-corrected chi connectivity index (χ0v) is 19.1. The van der Waals surface area contributed by atoms with Crippen molar-refractivity contribution in [2.75, 3.05) is 19.4 Å². The summed E-state index contributed by atoms with van der Waals surface area (Å²) in [5, 5.41) is 5.58. The molecule has 0 aliphatic carbocycles. The number of hydrogen-bond acceptors (Lipinski definition) is 4. The van der Waals surface area contributed by atoms with E-state index in [1.54, 1.807) is 24.3 Å². The predicted octanol–water partition coefficient (Wildman–Crippen LogP) is 3.22. The summed E-state index contributed by atoms with van der Waals surface area (Å²) in [5.74, 6) is -0.622. The highest BCUT2D eigenvalue weighted by Gasteiger charge is 2.22. The first kappa shape index (κ1) is 23.1. The lowest BCUT2D eigenvalue weighted by molar-refractivity contribution is -0.118. The summed E-state index contributed by atoms with van der Waals surface area (Å²) < 4.78 is 26.3. The minimum Gasteiger partial charge on any atom is -0.348 e. The van der Waals surface area contributed by atoms with Crippen LogP contribution in [0.4, 0.5) is 5.69 Å². The Hall–Kier alpha value is -2.23. The minimum absolute atomic E-state index is 0.0218. The first-order valence-corrected chi connectivity index (χ1v) is 11.2. The lowest BCUT2D eigenvalue weighted by atomic mass is 10.1. The Kier molecular flexibility index (Phi) is 7.56. The first-order valence-electron chi connectivity index (χ1n) is 8.92. The molecule has 0 spiro atoms. The minimum atomic E-state index is -3.69. The van der Waals surface area contributed by atoms with E-state index in [0.29, 0.717) is 10.2 Å². The third kappa shape index (κ3) is 5.88. The second-order valence-electron chi connectivity index (χ2n) is 6.96. The lowest BCUT2D eigenvalue weighted by Crippen LogP contribution is -2.25. The SMILES string of the molecule is CC(C)C(=O)Nc1cccc(CNC(=O)c2ccc(Br)c(S(=O)(=O)N(C)C)c2)c1. The molecule has 0 unspecified atom stereocenters. The molecule has 2 rings (SSSR count). The van der Waals surface area contributed by atoms with E-state index in [9.17, 15) is 18.0 Å². The van der Waals surface area contributed by atoms with Gasteiger partial charge in [0.25, 0.3) is 5.91 Å². The molecule has 7 nitrogen and oxygen atoms in total. The zero-order valence-electron chi connectivity index (χ0n) is 16.7. The van der Waals surface area contributed by atoms with Crippen molar-refractivity contribution in [1.29, 1.82) is 0 Å². The summed E-state index contributed by atoms with van der Waals surface area (Å²) in [6.07, 6.45) is 0. The number of hydrogen-bond donors (Lipinski definition) is 2. The van der Waals surface area contributed by atoms with Crippen molar-refractivity contribution in [3.63, 3.8) is 0 Å². The highest BCUT2D eigenvalue weighted by atomic mass is 79.9. The maximum Gasteiger partial charge on any atom is 0.251 e. The van der Waals surface area contributed by atoms with E-state index in [0.717, 1.165) is 9.87 Å². The van der Waals surface area contributed by atoms with Gasteiger partial charge in [-0.1, -0.05) is 26.0 Å². The average Bonchev–Trinajstić information content (AvgIpc) is 2.66. The lowest BCUT2D eigenvalue weighted by Gasteiger charge is -2.14. The van der Waals surface area contributed by atoms with Crippen LogP contribution in [0, 0.1) is 5.92 Å². The smallest absolute Gasteiger partial charge is 0.251 e. The third-order valence-corrected chi connectivity index (χ3v) is 6.93. The maximum atomic E-state index is 12.5. The molecule has 0 atom stereocenters. The molecule has 29 heavy (non-hydrogen) atoms. The molecule has 0 heterocycles. The number of halogens is 1. The van der Waals surface area contributed by atoms with Crippen LogP contribution in [0.15, 0.2) is 51.8 Å². The van der Waals surface area contributed by atoms with Crippen molar-refractivity contribution in [3.05, 3.63) is 58.1 Å². The molecular weight excluding hydrogens is 458 g/mol. The fourth-order valence-electron chi connectivity index (χ4n) is 2.37. The second-order valence-corrected chi connectivity index (χ2v) is 9.93. The van der Waals surface area contributed by atoms with Gasteiger partial charge in [-0.2, -0.15) is 0 Å². The Labute approximate surface area is 179 Å². The molecule has 156 valence electrons. The van der Waals surface area contributed by atoms with Crippen molar-refractivity contribution in [2.45, 2.75) is 25.3 Å². The van der Waals surface area contributed by atoms with Crippen LogP contribution in [0.2, 0.25) is 0 Å². The van der Waals surface area contributed by atoms with Gasteiger partial charge in [0.1, 0.15) is 0 Å². The Balaban J connectivity index is 2.13. The quantitative estimate of drug-likeness (QED) is 0.634. The highest BCUT2D eigenvalue weighted by molar-refractivity contribution is 9.10. The first-order chi connectivity index (χ1) is 13.5. The topological polar surface area (TPSA) is 95.6 Å². The van der Waals surface area contributed by atoms with E-state index in [-0.39, 0.29) is 28.8 Å². The average molecular weight is 482 g/mol. The Morgan fingerprint density at radius 3 is 2.41 bits per heavy atom. The molecule has 0 bridgehead atoms.